The van der Waals surface area contributed by atoms with E-state index in [-0.39, 0.29) is 12.4 Å². The molecule has 0 amide bonds. The van der Waals surface area contributed by atoms with Gasteiger partial charge >= 0.3 is 5.97 Å². The fourth-order valence-electron chi connectivity index (χ4n) is 2.50. The minimum absolute atomic E-state index is 0.215. The molecular weight excluding hydrogens is 286 g/mol. The number of benzene rings is 3. The maximum atomic E-state index is 11.9. The van der Waals surface area contributed by atoms with Crippen molar-refractivity contribution in [1.82, 2.24) is 0 Å². The Labute approximate surface area is 135 Å². The maximum absolute atomic E-state index is 11.9. The van der Waals surface area contributed by atoms with E-state index in [9.17, 15) is 4.79 Å². The third-order valence-electron chi connectivity index (χ3n) is 3.66. The van der Waals surface area contributed by atoms with E-state index >= 15 is 0 Å². The summed E-state index contributed by atoms with van der Waals surface area (Å²) in [6.45, 7) is 1.84. The fourth-order valence-corrected chi connectivity index (χ4v) is 2.50. The number of hydrogen-bond donors (Lipinski definition) is 0. The standard InChI is InChI=1S/C20H17NO2/c1-15(18-13-7-11-17-10-5-6-12-19(17)18)21-23-20(22)14-16-8-3-2-4-9-16/h2-13H,14H2,1H3. The van der Waals surface area contributed by atoms with Crippen LogP contribution in [0.25, 0.3) is 10.8 Å². The Hall–Kier alpha value is -2.94. The number of oxime groups is 1. The van der Waals surface area contributed by atoms with Gasteiger partial charge in [0.25, 0.3) is 0 Å². The molecule has 3 rings (SSSR count). The summed E-state index contributed by atoms with van der Waals surface area (Å²) in [6, 6.07) is 23.6. The molecule has 3 heteroatoms. The molecule has 3 aromatic carbocycles. The van der Waals surface area contributed by atoms with Gasteiger partial charge in [-0.2, -0.15) is 0 Å². The molecule has 0 aliphatic carbocycles. The summed E-state index contributed by atoms with van der Waals surface area (Å²) in [4.78, 5) is 16.9. The molecule has 0 atom stereocenters. The lowest BCUT2D eigenvalue weighted by Crippen LogP contribution is -2.06. The highest BCUT2D eigenvalue weighted by atomic mass is 16.7. The van der Waals surface area contributed by atoms with E-state index in [1.165, 1.54) is 0 Å². The smallest absolute Gasteiger partial charge is 0.318 e. The van der Waals surface area contributed by atoms with Crippen LogP contribution in [-0.4, -0.2) is 11.7 Å². The Bertz CT molecular complexity index is 848. The van der Waals surface area contributed by atoms with E-state index in [4.69, 9.17) is 4.84 Å². The van der Waals surface area contributed by atoms with Crippen LogP contribution in [0.5, 0.6) is 0 Å². The fraction of sp³-hybridized carbons (Fsp3) is 0.100. The first-order chi connectivity index (χ1) is 11.2. The van der Waals surface area contributed by atoms with Crippen LogP contribution < -0.4 is 0 Å². The molecule has 0 bridgehead atoms. The normalized spacial score (nSPS) is 11.4. The predicted molar refractivity (Wildman–Crippen MR) is 92.4 cm³/mol. The zero-order valence-electron chi connectivity index (χ0n) is 12.9. The lowest BCUT2D eigenvalue weighted by atomic mass is 10.0. The highest BCUT2D eigenvalue weighted by Gasteiger charge is 2.07. The molecule has 0 fully saturated rings. The molecule has 0 N–H and O–H groups in total. The molecule has 0 unspecified atom stereocenters. The summed E-state index contributed by atoms with van der Waals surface area (Å²) in [5.74, 6) is -0.365. The molecule has 114 valence electrons. The molecule has 0 aliphatic heterocycles. The molecule has 0 spiro atoms. The van der Waals surface area contributed by atoms with Gasteiger partial charge in [0.05, 0.1) is 12.1 Å². The molecule has 3 nitrogen and oxygen atoms in total. The molecule has 0 aliphatic rings. The summed E-state index contributed by atoms with van der Waals surface area (Å²) in [6.07, 6.45) is 0.215. The molecule has 0 saturated carbocycles. The Morgan fingerprint density at radius 3 is 2.43 bits per heavy atom. The largest absolute Gasteiger partial charge is 0.339 e. The van der Waals surface area contributed by atoms with Crippen molar-refractivity contribution in [3.63, 3.8) is 0 Å². The van der Waals surface area contributed by atoms with Gasteiger partial charge in [-0.1, -0.05) is 78.0 Å². The van der Waals surface area contributed by atoms with Crippen molar-refractivity contribution in [3.8, 4) is 0 Å². The summed E-state index contributed by atoms with van der Waals surface area (Å²) in [5, 5.41) is 6.24. The zero-order valence-corrected chi connectivity index (χ0v) is 12.9. The number of hydrogen-bond acceptors (Lipinski definition) is 3. The van der Waals surface area contributed by atoms with E-state index in [1.807, 2.05) is 79.7 Å². The molecule has 23 heavy (non-hydrogen) atoms. The van der Waals surface area contributed by atoms with Crippen molar-refractivity contribution in [2.75, 3.05) is 0 Å². The SMILES string of the molecule is CC(=NOC(=O)Cc1ccccc1)c1cccc2ccccc12. The lowest BCUT2D eigenvalue weighted by Gasteiger charge is -2.06. The van der Waals surface area contributed by atoms with Crippen LogP contribution in [0.15, 0.2) is 78.0 Å². The van der Waals surface area contributed by atoms with Crippen LogP contribution >= 0.6 is 0 Å². The second kappa shape index (κ2) is 6.88. The number of fused-ring (bicyclic) bond motifs is 1. The Balaban J connectivity index is 1.75. The Kier molecular flexibility index (Phi) is 4.48. The van der Waals surface area contributed by atoms with Gasteiger partial charge in [-0.25, -0.2) is 4.79 Å². The van der Waals surface area contributed by atoms with Crippen molar-refractivity contribution in [3.05, 3.63) is 83.9 Å². The lowest BCUT2D eigenvalue weighted by molar-refractivity contribution is -0.142. The van der Waals surface area contributed by atoms with Crippen LogP contribution in [0.3, 0.4) is 0 Å². The molecule has 0 radical (unpaired) electrons. The van der Waals surface area contributed by atoms with Gasteiger partial charge in [0, 0.05) is 5.56 Å². The van der Waals surface area contributed by atoms with E-state index in [1.54, 1.807) is 0 Å². The monoisotopic (exact) mass is 303 g/mol. The minimum atomic E-state index is -0.365. The van der Waals surface area contributed by atoms with Gasteiger partial charge in [0.1, 0.15) is 0 Å². The average molecular weight is 303 g/mol. The van der Waals surface area contributed by atoms with E-state index in [2.05, 4.69) is 5.16 Å². The minimum Gasteiger partial charge on any atom is -0.318 e. The molecule has 0 aromatic heterocycles. The third-order valence-corrected chi connectivity index (χ3v) is 3.66. The van der Waals surface area contributed by atoms with Gasteiger partial charge in [-0.05, 0) is 23.3 Å². The topological polar surface area (TPSA) is 38.7 Å². The van der Waals surface area contributed by atoms with Crippen LogP contribution in [0.2, 0.25) is 0 Å². The maximum Gasteiger partial charge on any atom is 0.339 e. The van der Waals surface area contributed by atoms with Gasteiger partial charge in [0.2, 0.25) is 0 Å². The highest BCUT2D eigenvalue weighted by molar-refractivity contribution is 6.09. The molecule has 3 aromatic rings. The molecular formula is C20H17NO2. The van der Waals surface area contributed by atoms with Crippen molar-refractivity contribution < 1.29 is 9.63 Å². The number of carbonyl (C=O) groups is 1. The summed E-state index contributed by atoms with van der Waals surface area (Å²) in [7, 11) is 0. The van der Waals surface area contributed by atoms with Gasteiger partial charge in [-0.3, -0.25) is 0 Å². The second-order valence-corrected chi connectivity index (χ2v) is 5.33. The Morgan fingerprint density at radius 2 is 1.61 bits per heavy atom. The quantitative estimate of drug-likeness (QED) is 0.408. The first kappa shape index (κ1) is 15.0. The van der Waals surface area contributed by atoms with E-state index in [0.29, 0.717) is 5.71 Å². The van der Waals surface area contributed by atoms with Crippen LogP contribution in [0.4, 0.5) is 0 Å². The zero-order chi connectivity index (χ0) is 16.1. The van der Waals surface area contributed by atoms with E-state index in [0.717, 1.165) is 21.9 Å². The average Bonchev–Trinajstić information content (AvgIpc) is 2.60. The summed E-state index contributed by atoms with van der Waals surface area (Å²) >= 11 is 0. The first-order valence-corrected chi connectivity index (χ1v) is 7.50. The van der Waals surface area contributed by atoms with Crippen molar-refractivity contribution in [2.45, 2.75) is 13.3 Å². The highest BCUT2D eigenvalue weighted by Crippen LogP contribution is 2.19. The summed E-state index contributed by atoms with van der Waals surface area (Å²) < 4.78 is 0. The number of nitrogens with zero attached hydrogens (tertiary/aromatic N) is 1. The molecule has 0 heterocycles. The van der Waals surface area contributed by atoms with Gasteiger partial charge in [-0.15, -0.1) is 0 Å². The molecule has 0 saturated heterocycles. The van der Waals surface area contributed by atoms with Crippen molar-refractivity contribution in [2.24, 2.45) is 5.16 Å². The second-order valence-electron chi connectivity index (χ2n) is 5.33. The van der Waals surface area contributed by atoms with Crippen molar-refractivity contribution >= 4 is 22.5 Å². The van der Waals surface area contributed by atoms with Crippen molar-refractivity contribution in [1.29, 1.82) is 0 Å². The number of rotatable bonds is 4. The van der Waals surface area contributed by atoms with Crippen LogP contribution in [0.1, 0.15) is 18.1 Å². The summed E-state index contributed by atoms with van der Waals surface area (Å²) in [5.41, 5.74) is 2.56. The van der Waals surface area contributed by atoms with Gasteiger partial charge in [0.15, 0.2) is 0 Å². The van der Waals surface area contributed by atoms with Crippen LogP contribution in [0, 0.1) is 0 Å². The first-order valence-electron chi connectivity index (χ1n) is 7.50. The Morgan fingerprint density at radius 1 is 0.913 bits per heavy atom. The van der Waals surface area contributed by atoms with Gasteiger partial charge < -0.3 is 4.84 Å². The van der Waals surface area contributed by atoms with E-state index < -0.39 is 0 Å². The third kappa shape index (κ3) is 3.64. The predicted octanol–water partition coefficient (Wildman–Crippen LogP) is 4.35. The number of carbonyl (C=O) groups excluding carboxylic acids is 1. The van der Waals surface area contributed by atoms with Crippen LogP contribution in [-0.2, 0) is 16.1 Å².